The lowest BCUT2D eigenvalue weighted by molar-refractivity contribution is 0.294. The third-order valence-electron chi connectivity index (χ3n) is 2.78. The van der Waals surface area contributed by atoms with Crippen LogP contribution in [0, 0.1) is 0 Å². The third kappa shape index (κ3) is 3.11. The first-order valence-electron chi connectivity index (χ1n) is 6.24. The molecule has 96 valence electrons. The topological polar surface area (TPSA) is 53.1 Å². The van der Waals surface area contributed by atoms with Crippen molar-refractivity contribution in [2.24, 2.45) is 5.73 Å². The summed E-state index contributed by atoms with van der Waals surface area (Å²) in [5.41, 5.74) is 7.77. The molecule has 1 heterocycles. The van der Waals surface area contributed by atoms with Crippen LogP contribution in [0.1, 0.15) is 24.6 Å². The van der Waals surface area contributed by atoms with Gasteiger partial charge in [0.15, 0.2) is 0 Å². The zero-order valence-electron chi connectivity index (χ0n) is 10.7. The smallest absolute Gasteiger partial charge is 0.130 e. The van der Waals surface area contributed by atoms with Gasteiger partial charge in [-0.15, -0.1) is 0 Å². The fourth-order valence-corrected chi connectivity index (χ4v) is 1.83. The molecule has 0 amide bonds. The molecule has 1 aromatic heterocycles. The molecule has 0 atom stereocenters. The van der Waals surface area contributed by atoms with Crippen LogP contribution in [-0.4, -0.2) is 9.55 Å². The van der Waals surface area contributed by atoms with Gasteiger partial charge >= 0.3 is 0 Å². The number of ether oxygens (including phenoxy) is 1. The Labute approximate surface area is 107 Å². The molecule has 0 radical (unpaired) electrons. The van der Waals surface area contributed by atoms with E-state index in [1.165, 1.54) is 0 Å². The molecule has 0 saturated carbocycles. The number of nitrogens with zero attached hydrogens (tertiary/aromatic N) is 2. The van der Waals surface area contributed by atoms with E-state index >= 15 is 0 Å². The van der Waals surface area contributed by atoms with Crippen molar-refractivity contribution < 1.29 is 4.74 Å². The Morgan fingerprint density at radius 1 is 1.39 bits per heavy atom. The standard InChI is InChI=1S/C14H19N3O/c1-2-6-17-11-16-9-13(17)10-18-14-5-3-4-12(7-14)8-15/h3-5,7,9,11H,2,6,8,10,15H2,1H3. The predicted octanol–water partition coefficient (Wildman–Crippen LogP) is 2.33. The van der Waals surface area contributed by atoms with Gasteiger partial charge in [-0.3, -0.25) is 0 Å². The number of rotatable bonds is 6. The van der Waals surface area contributed by atoms with Gasteiger partial charge < -0.3 is 15.0 Å². The quantitative estimate of drug-likeness (QED) is 0.849. The van der Waals surface area contributed by atoms with Crippen molar-refractivity contribution in [2.75, 3.05) is 0 Å². The Morgan fingerprint density at radius 3 is 3.06 bits per heavy atom. The fourth-order valence-electron chi connectivity index (χ4n) is 1.83. The SMILES string of the molecule is CCCn1cncc1COc1cccc(CN)c1. The number of aromatic nitrogens is 2. The van der Waals surface area contributed by atoms with Gasteiger partial charge in [0, 0.05) is 13.1 Å². The Bertz CT molecular complexity index is 493. The van der Waals surface area contributed by atoms with E-state index in [-0.39, 0.29) is 0 Å². The van der Waals surface area contributed by atoms with Crippen LogP contribution in [0.15, 0.2) is 36.8 Å². The van der Waals surface area contributed by atoms with E-state index in [1.54, 1.807) is 0 Å². The maximum Gasteiger partial charge on any atom is 0.130 e. The molecular formula is C14H19N3O. The molecule has 0 aliphatic heterocycles. The summed E-state index contributed by atoms with van der Waals surface area (Å²) < 4.78 is 7.88. The summed E-state index contributed by atoms with van der Waals surface area (Å²) in [4.78, 5) is 4.15. The van der Waals surface area contributed by atoms with Crippen LogP contribution in [0.3, 0.4) is 0 Å². The van der Waals surface area contributed by atoms with Crippen molar-refractivity contribution in [1.82, 2.24) is 9.55 Å². The largest absolute Gasteiger partial charge is 0.487 e. The van der Waals surface area contributed by atoms with Crippen LogP contribution >= 0.6 is 0 Å². The van der Waals surface area contributed by atoms with Crippen molar-refractivity contribution in [3.8, 4) is 5.75 Å². The van der Waals surface area contributed by atoms with E-state index in [0.717, 1.165) is 30.0 Å². The van der Waals surface area contributed by atoms with Gasteiger partial charge in [0.2, 0.25) is 0 Å². The van der Waals surface area contributed by atoms with Crippen LogP contribution < -0.4 is 10.5 Å². The first-order valence-corrected chi connectivity index (χ1v) is 6.24. The number of nitrogens with two attached hydrogens (primary N) is 1. The van der Waals surface area contributed by atoms with Gasteiger partial charge in [0.25, 0.3) is 0 Å². The van der Waals surface area contributed by atoms with Crippen LogP contribution in [0.4, 0.5) is 0 Å². The molecule has 2 aromatic rings. The highest BCUT2D eigenvalue weighted by Gasteiger charge is 2.02. The van der Waals surface area contributed by atoms with E-state index < -0.39 is 0 Å². The minimum atomic E-state index is 0.533. The number of aryl methyl sites for hydroxylation is 1. The molecule has 1 aromatic carbocycles. The zero-order valence-corrected chi connectivity index (χ0v) is 10.7. The number of hydrogen-bond donors (Lipinski definition) is 1. The second-order valence-corrected chi connectivity index (χ2v) is 4.22. The van der Waals surface area contributed by atoms with Crippen LogP contribution in [-0.2, 0) is 19.7 Å². The van der Waals surface area contributed by atoms with Gasteiger partial charge in [-0.05, 0) is 24.1 Å². The molecule has 4 nitrogen and oxygen atoms in total. The number of hydrogen-bond acceptors (Lipinski definition) is 3. The van der Waals surface area contributed by atoms with Crippen LogP contribution in [0.5, 0.6) is 5.75 Å². The average molecular weight is 245 g/mol. The summed E-state index contributed by atoms with van der Waals surface area (Å²) in [7, 11) is 0. The summed E-state index contributed by atoms with van der Waals surface area (Å²) in [5.74, 6) is 0.849. The van der Waals surface area contributed by atoms with Crippen LogP contribution in [0.2, 0.25) is 0 Å². The summed E-state index contributed by atoms with van der Waals surface area (Å²) in [6.45, 7) is 4.19. The number of imidazole rings is 1. The summed E-state index contributed by atoms with van der Waals surface area (Å²) in [6.07, 6.45) is 4.78. The molecule has 2 rings (SSSR count). The Morgan fingerprint density at radius 2 is 2.28 bits per heavy atom. The zero-order chi connectivity index (χ0) is 12.8. The molecule has 4 heteroatoms. The Hall–Kier alpha value is -1.81. The first-order chi connectivity index (χ1) is 8.83. The molecule has 2 N–H and O–H groups in total. The van der Waals surface area contributed by atoms with Crippen molar-refractivity contribution in [2.45, 2.75) is 33.0 Å². The Balaban J connectivity index is 1.99. The molecule has 0 aliphatic carbocycles. The van der Waals surface area contributed by atoms with Crippen molar-refractivity contribution >= 4 is 0 Å². The molecule has 0 aliphatic rings. The highest BCUT2D eigenvalue weighted by Crippen LogP contribution is 2.15. The van der Waals surface area contributed by atoms with E-state index in [2.05, 4.69) is 16.5 Å². The lowest BCUT2D eigenvalue weighted by Gasteiger charge is -2.09. The van der Waals surface area contributed by atoms with E-state index in [9.17, 15) is 0 Å². The van der Waals surface area contributed by atoms with Gasteiger partial charge in [0.05, 0.1) is 18.2 Å². The lowest BCUT2D eigenvalue weighted by atomic mass is 10.2. The maximum atomic E-state index is 5.76. The Kier molecular flexibility index (Phi) is 4.36. The van der Waals surface area contributed by atoms with Gasteiger partial charge in [-0.1, -0.05) is 19.1 Å². The molecule has 0 fully saturated rings. The predicted molar refractivity (Wildman–Crippen MR) is 71.2 cm³/mol. The maximum absolute atomic E-state index is 5.76. The van der Waals surface area contributed by atoms with Gasteiger partial charge in [-0.2, -0.15) is 0 Å². The first kappa shape index (κ1) is 12.6. The third-order valence-corrected chi connectivity index (χ3v) is 2.78. The highest BCUT2D eigenvalue weighted by atomic mass is 16.5. The second kappa shape index (κ2) is 6.21. The van der Waals surface area contributed by atoms with E-state index in [0.29, 0.717) is 13.2 Å². The minimum absolute atomic E-state index is 0.533. The molecular weight excluding hydrogens is 226 g/mol. The molecule has 0 spiro atoms. The van der Waals surface area contributed by atoms with Crippen LogP contribution in [0.25, 0.3) is 0 Å². The normalized spacial score (nSPS) is 10.6. The molecule has 0 saturated heterocycles. The van der Waals surface area contributed by atoms with Gasteiger partial charge in [0.1, 0.15) is 12.4 Å². The number of benzene rings is 1. The van der Waals surface area contributed by atoms with Crippen molar-refractivity contribution in [1.29, 1.82) is 0 Å². The molecule has 18 heavy (non-hydrogen) atoms. The molecule has 0 bridgehead atoms. The second-order valence-electron chi connectivity index (χ2n) is 4.22. The van der Waals surface area contributed by atoms with E-state index in [4.69, 9.17) is 10.5 Å². The highest BCUT2D eigenvalue weighted by molar-refractivity contribution is 5.28. The summed E-state index contributed by atoms with van der Waals surface area (Å²) in [6, 6.07) is 7.87. The monoisotopic (exact) mass is 245 g/mol. The van der Waals surface area contributed by atoms with E-state index in [1.807, 2.05) is 36.8 Å². The van der Waals surface area contributed by atoms with Crippen molar-refractivity contribution in [3.63, 3.8) is 0 Å². The summed E-state index contributed by atoms with van der Waals surface area (Å²) >= 11 is 0. The lowest BCUT2D eigenvalue weighted by Crippen LogP contribution is -2.05. The minimum Gasteiger partial charge on any atom is -0.487 e. The summed E-state index contributed by atoms with van der Waals surface area (Å²) in [5, 5.41) is 0. The van der Waals surface area contributed by atoms with Gasteiger partial charge in [-0.25, -0.2) is 4.98 Å². The van der Waals surface area contributed by atoms with Crippen molar-refractivity contribution in [3.05, 3.63) is 48.0 Å². The average Bonchev–Trinajstić information content (AvgIpc) is 2.85. The fraction of sp³-hybridized carbons (Fsp3) is 0.357. The molecule has 0 unspecified atom stereocenters.